The van der Waals surface area contributed by atoms with E-state index in [0.717, 1.165) is 25.9 Å². The third kappa shape index (κ3) is 6.29. The van der Waals surface area contributed by atoms with Crippen LogP contribution in [0.3, 0.4) is 0 Å². The Bertz CT molecular complexity index is 1040. The number of amides is 1. The zero-order valence-electron chi connectivity index (χ0n) is 18.7. The SMILES string of the molecule is CCn1ccc(CNS(=O)(=O)c2cnc(N3CCCC(C(=O)NCC(C)C)C3)c(Br)c2)n1. The first kappa shape index (κ1) is 24.7. The molecule has 2 aromatic heterocycles. The summed E-state index contributed by atoms with van der Waals surface area (Å²) in [5, 5.41) is 7.30. The third-order valence-electron chi connectivity index (χ3n) is 5.35. The number of anilines is 1. The maximum Gasteiger partial charge on any atom is 0.242 e. The summed E-state index contributed by atoms with van der Waals surface area (Å²) >= 11 is 3.48. The van der Waals surface area contributed by atoms with Gasteiger partial charge in [0, 0.05) is 38.6 Å². The predicted octanol–water partition coefficient (Wildman–Crippen LogP) is 2.53. The van der Waals surface area contributed by atoms with Crippen molar-refractivity contribution < 1.29 is 13.2 Å². The maximum atomic E-state index is 12.7. The van der Waals surface area contributed by atoms with Crippen molar-refractivity contribution in [3.8, 4) is 0 Å². The Kier molecular flexibility index (Phi) is 8.29. The number of piperidine rings is 1. The second kappa shape index (κ2) is 10.8. The van der Waals surface area contributed by atoms with Gasteiger partial charge in [0.15, 0.2) is 0 Å². The van der Waals surface area contributed by atoms with Gasteiger partial charge < -0.3 is 10.2 Å². The van der Waals surface area contributed by atoms with E-state index in [-0.39, 0.29) is 23.3 Å². The van der Waals surface area contributed by atoms with Crippen LogP contribution in [0.15, 0.2) is 33.9 Å². The summed E-state index contributed by atoms with van der Waals surface area (Å²) in [7, 11) is -3.74. The van der Waals surface area contributed by atoms with Gasteiger partial charge in [-0.15, -0.1) is 0 Å². The molecule has 2 aromatic rings. The van der Waals surface area contributed by atoms with E-state index in [2.05, 4.69) is 49.9 Å². The summed E-state index contributed by atoms with van der Waals surface area (Å²) in [6, 6.07) is 3.34. The molecule has 0 saturated carbocycles. The Balaban J connectivity index is 1.66. The molecule has 9 nitrogen and oxygen atoms in total. The Hall–Kier alpha value is -1.98. The summed E-state index contributed by atoms with van der Waals surface area (Å²) < 4.78 is 30.3. The molecule has 0 spiro atoms. The van der Waals surface area contributed by atoms with Crippen molar-refractivity contribution in [3.63, 3.8) is 0 Å². The van der Waals surface area contributed by atoms with E-state index in [0.29, 0.717) is 35.0 Å². The molecule has 0 aromatic carbocycles. The fourth-order valence-electron chi connectivity index (χ4n) is 3.55. The monoisotopic (exact) mass is 526 g/mol. The number of carbonyl (C=O) groups excluding carboxylic acids is 1. The number of nitrogens with one attached hydrogen (secondary N) is 2. The molecule has 11 heteroatoms. The average molecular weight is 527 g/mol. The summed E-state index contributed by atoms with van der Waals surface area (Å²) in [5.74, 6) is 1.00. The molecule has 1 aliphatic heterocycles. The van der Waals surface area contributed by atoms with Crippen LogP contribution in [0.25, 0.3) is 0 Å². The highest BCUT2D eigenvalue weighted by Crippen LogP contribution is 2.30. The Morgan fingerprint density at radius 2 is 2.16 bits per heavy atom. The number of nitrogens with zero attached hydrogens (tertiary/aromatic N) is 4. The maximum absolute atomic E-state index is 12.7. The molecule has 1 amide bonds. The molecule has 0 bridgehead atoms. The van der Waals surface area contributed by atoms with E-state index >= 15 is 0 Å². The molecule has 1 unspecified atom stereocenters. The van der Waals surface area contributed by atoms with Gasteiger partial charge in [0.25, 0.3) is 0 Å². The van der Waals surface area contributed by atoms with Gasteiger partial charge in [-0.3, -0.25) is 9.48 Å². The van der Waals surface area contributed by atoms with Gasteiger partial charge in [0.1, 0.15) is 10.7 Å². The van der Waals surface area contributed by atoms with Crippen LogP contribution in [0.2, 0.25) is 0 Å². The van der Waals surface area contributed by atoms with Crippen LogP contribution in [0.4, 0.5) is 5.82 Å². The number of aromatic nitrogens is 3. The van der Waals surface area contributed by atoms with E-state index in [9.17, 15) is 13.2 Å². The molecule has 176 valence electrons. The minimum atomic E-state index is -3.74. The molecule has 0 aliphatic carbocycles. The molecule has 1 aliphatic rings. The number of pyridine rings is 1. The smallest absolute Gasteiger partial charge is 0.242 e. The lowest BCUT2D eigenvalue weighted by Crippen LogP contribution is -2.44. The van der Waals surface area contributed by atoms with E-state index in [1.54, 1.807) is 16.8 Å². The lowest BCUT2D eigenvalue weighted by molar-refractivity contribution is -0.125. The Labute approximate surface area is 198 Å². The quantitative estimate of drug-likeness (QED) is 0.519. The first-order chi connectivity index (χ1) is 15.2. The topological polar surface area (TPSA) is 109 Å². The fraction of sp³-hybridized carbons (Fsp3) is 0.571. The molecule has 1 saturated heterocycles. The number of hydrogen-bond donors (Lipinski definition) is 2. The first-order valence-corrected chi connectivity index (χ1v) is 13.2. The molecule has 3 rings (SSSR count). The molecule has 32 heavy (non-hydrogen) atoms. The average Bonchev–Trinajstić information content (AvgIpc) is 3.24. The van der Waals surface area contributed by atoms with Crippen molar-refractivity contribution in [1.29, 1.82) is 0 Å². The van der Waals surface area contributed by atoms with Crippen LogP contribution in [0.5, 0.6) is 0 Å². The van der Waals surface area contributed by atoms with Crippen molar-refractivity contribution in [2.75, 3.05) is 24.5 Å². The van der Waals surface area contributed by atoms with Crippen LogP contribution in [-0.2, 0) is 27.9 Å². The largest absolute Gasteiger partial charge is 0.356 e. The number of rotatable bonds is 9. The molecule has 3 heterocycles. The first-order valence-electron chi connectivity index (χ1n) is 10.9. The van der Waals surface area contributed by atoms with Crippen molar-refractivity contribution in [1.82, 2.24) is 24.8 Å². The number of aryl methyl sites for hydroxylation is 1. The second-order valence-electron chi connectivity index (χ2n) is 8.39. The molecular weight excluding hydrogens is 496 g/mol. The predicted molar refractivity (Wildman–Crippen MR) is 127 cm³/mol. The third-order valence-corrected chi connectivity index (χ3v) is 7.30. The number of sulfonamides is 1. The van der Waals surface area contributed by atoms with Gasteiger partial charge >= 0.3 is 0 Å². The van der Waals surface area contributed by atoms with E-state index in [1.165, 1.54) is 6.20 Å². The van der Waals surface area contributed by atoms with Gasteiger partial charge in [0.05, 0.1) is 22.6 Å². The van der Waals surface area contributed by atoms with Crippen LogP contribution in [0, 0.1) is 11.8 Å². The minimum Gasteiger partial charge on any atom is -0.356 e. The van der Waals surface area contributed by atoms with Crippen molar-refractivity contribution >= 4 is 37.7 Å². The summed E-state index contributed by atoms with van der Waals surface area (Å²) in [6.45, 7) is 8.91. The second-order valence-corrected chi connectivity index (χ2v) is 11.0. The van der Waals surface area contributed by atoms with Crippen molar-refractivity contribution in [2.45, 2.75) is 51.6 Å². The Morgan fingerprint density at radius 3 is 2.81 bits per heavy atom. The van der Waals surface area contributed by atoms with Crippen LogP contribution < -0.4 is 14.9 Å². The molecule has 2 N–H and O–H groups in total. The van der Waals surface area contributed by atoms with Gasteiger partial charge in [-0.1, -0.05) is 13.8 Å². The van der Waals surface area contributed by atoms with Crippen LogP contribution in [0.1, 0.15) is 39.3 Å². The molecular formula is C21H31BrN6O3S. The van der Waals surface area contributed by atoms with Gasteiger partial charge in [-0.2, -0.15) is 5.10 Å². The van der Waals surface area contributed by atoms with Gasteiger partial charge in [0.2, 0.25) is 15.9 Å². The number of halogens is 1. The van der Waals surface area contributed by atoms with Gasteiger partial charge in [-0.25, -0.2) is 18.1 Å². The van der Waals surface area contributed by atoms with Crippen LogP contribution in [-0.4, -0.2) is 48.7 Å². The zero-order chi connectivity index (χ0) is 23.3. The summed E-state index contributed by atoms with van der Waals surface area (Å²) in [5.41, 5.74) is 0.647. The zero-order valence-corrected chi connectivity index (χ0v) is 21.1. The normalized spacial score (nSPS) is 17.0. The van der Waals surface area contributed by atoms with Crippen molar-refractivity contribution in [3.05, 3.63) is 34.7 Å². The number of hydrogen-bond acceptors (Lipinski definition) is 6. The van der Waals surface area contributed by atoms with E-state index < -0.39 is 10.0 Å². The fourth-order valence-corrected chi connectivity index (χ4v) is 5.27. The van der Waals surface area contributed by atoms with E-state index in [4.69, 9.17) is 0 Å². The van der Waals surface area contributed by atoms with E-state index in [1.807, 2.05) is 18.0 Å². The number of carbonyl (C=O) groups is 1. The highest BCUT2D eigenvalue weighted by molar-refractivity contribution is 9.10. The molecule has 0 radical (unpaired) electrons. The lowest BCUT2D eigenvalue weighted by atomic mass is 9.97. The van der Waals surface area contributed by atoms with Crippen molar-refractivity contribution in [2.24, 2.45) is 11.8 Å². The summed E-state index contributed by atoms with van der Waals surface area (Å²) in [6.07, 6.45) is 4.88. The lowest BCUT2D eigenvalue weighted by Gasteiger charge is -2.33. The highest BCUT2D eigenvalue weighted by atomic mass is 79.9. The Morgan fingerprint density at radius 1 is 1.38 bits per heavy atom. The standard InChI is InChI=1S/C21H31BrN6O3S/c1-4-28-9-7-17(26-28)12-25-32(30,31)18-10-19(22)20(23-13-18)27-8-5-6-16(14-27)21(29)24-11-15(2)3/h7,9-10,13,15-16,25H,4-6,8,11-12,14H2,1-3H3,(H,24,29). The molecule has 1 atom stereocenters. The molecule has 1 fully saturated rings. The highest BCUT2D eigenvalue weighted by Gasteiger charge is 2.28. The summed E-state index contributed by atoms with van der Waals surface area (Å²) in [4.78, 5) is 19.0. The van der Waals surface area contributed by atoms with Gasteiger partial charge in [-0.05, 0) is 53.7 Å². The minimum absolute atomic E-state index is 0.0634. The van der Waals surface area contributed by atoms with Crippen LogP contribution >= 0.6 is 15.9 Å².